The van der Waals surface area contributed by atoms with Gasteiger partial charge in [0.2, 0.25) is 10.0 Å². The molecule has 0 saturated carbocycles. The fourth-order valence-corrected chi connectivity index (χ4v) is 5.15. The number of rotatable bonds is 8. The standard InChI is InChI=1S/C23H31N3O5S/c1-5-31-21-11-10-18(16-22(21)32(28,29)24-17(2)3)23(27)26-14-12-25(13-15-26)19-8-6-7-9-20(19)30-4/h6-11,16-17,24H,5,12-15H2,1-4H3. The highest BCUT2D eigenvalue weighted by Gasteiger charge is 2.27. The van der Waals surface area contributed by atoms with E-state index < -0.39 is 10.0 Å². The molecule has 3 rings (SSSR count). The molecule has 0 unspecified atom stereocenters. The second-order valence-corrected chi connectivity index (χ2v) is 9.50. The van der Waals surface area contributed by atoms with Gasteiger partial charge in [-0.1, -0.05) is 12.1 Å². The summed E-state index contributed by atoms with van der Waals surface area (Å²) in [6.45, 7) is 7.95. The number of benzene rings is 2. The second kappa shape index (κ2) is 10.2. The van der Waals surface area contributed by atoms with Crippen LogP contribution >= 0.6 is 0 Å². The average molecular weight is 462 g/mol. The van der Waals surface area contributed by atoms with Gasteiger partial charge in [0.15, 0.2) is 0 Å². The van der Waals surface area contributed by atoms with E-state index in [4.69, 9.17) is 9.47 Å². The van der Waals surface area contributed by atoms with E-state index in [2.05, 4.69) is 9.62 Å². The molecule has 1 aliphatic heterocycles. The summed E-state index contributed by atoms with van der Waals surface area (Å²) in [5.74, 6) is 0.832. The molecule has 0 spiro atoms. The molecule has 2 aromatic rings. The Kier molecular flexibility index (Phi) is 7.63. The van der Waals surface area contributed by atoms with E-state index in [9.17, 15) is 13.2 Å². The van der Waals surface area contributed by atoms with Crippen molar-refractivity contribution >= 4 is 21.6 Å². The van der Waals surface area contributed by atoms with E-state index in [1.807, 2.05) is 24.3 Å². The number of amides is 1. The smallest absolute Gasteiger partial charge is 0.254 e. The average Bonchev–Trinajstić information content (AvgIpc) is 2.78. The van der Waals surface area contributed by atoms with Crippen LogP contribution in [0.5, 0.6) is 11.5 Å². The minimum atomic E-state index is -3.82. The molecule has 2 aromatic carbocycles. The molecule has 0 bridgehead atoms. The summed E-state index contributed by atoms with van der Waals surface area (Å²) in [6.07, 6.45) is 0. The van der Waals surface area contributed by atoms with Crippen LogP contribution in [0.1, 0.15) is 31.1 Å². The number of carbonyl (C=O) groups excluding carboxylic acids is 1. The van der Waals surface area contributed by atoms with Crippen molar-refractivity contribution in [3.63, 3.8) is 0 Å². The molecule has 0 atom stereocenters. The molecule has 32 heavy (non-hydrogen) atoms. The highest BCUT2D eigenvalue weighted by molar-refractivity contribution is 7.89. The molecule has 8 nitrogen and oxygen atoms in total. The van der Waals surface area contributed by atoms with Gasteiger partial charge in [-0.2, -0.15) is 0 Å². The fraction of sp³-hybridized carbons (Fsp3) is 0.435. The lowest BCUT2D eigenvalue weighted by atomic mass is 10.1. The summed E-state index contributed by atoms with van der Waals surface area (Å²) in [7, 11) is -2.18. The number of hydrogen-bond acceptors (Lipinski definition) is 6. The van der Waals surface area contributed by atoms with Crippen molar-refractivity contribution in [1.82, 2.24) is 9.62 Å². The number of nitrogens with one attached hydrogen (secondary N) is 1. The van der Waals surface area contributed by atoms with E-state index in [0.717, 1.165) is 11.4 Å². The zero-order valence-corrected chi connectivity index (χ0v) is 19.8. The minimum absolute atomic E-state index is 0.0217. The molecule has 0 radical (unpaired) electrons. The molecule has 1 amide bonds. The first-order valence-corrected chi connectivity index (χ1v) is 12.2. The molecule has 0 aliphatic carbocycles. The number of para-hydroxylation sites is 2. The van der Waals surface area contributed by atoms with Gasteiger partial charge in [-0.05, 0) is 51.1 Å². The first kappa shape index (κ1) is 23.9. The van der Waals surface area contributed by atoms with Crippen molar-refractivity contribution in [3.8, 4) is 11.5 Å². The first-order valence-electron chi connectivity index (χ1n) is 10.7. The van der Waals surface area contributed by atoms with Crippen molar-refractivity contribution in [2.75, 3.05) is 44.8 Å². The van der Waals surface area contributed by atoms with Crippen molar-refractivity contribution in [3.05, 3.63) is 48.0 Å². The first-order chi connectivity index (χ1) is 15.3. The van der Waals surface area contributed by atoms with Gasteiger partial charge >= 0.3 is 0 Å². The van der Waals surface area contributed by atoms with E-state index in [1.54, 1.807) is 44.9 Å². The molecule has 1 saturated heterocycles. The molecule has 1 fully saturated rings. The van der Waals surface area contributed by atoms with Crippen LogP contribution in [-0.2, 0) is 10.0 Å². The topological polar surface area (TPSA) is 88.2 Å². The monoisotopic (exact) mass is 461 g/mol. The van der Waals surface area contributed by atoms with Gasteiger partial charge in [0.1, 0.15) is 16.4 Å². The lowest BCUT2D eigenvalue weighted by Gasteiger charge is -2.36. The van der Waals surface area contributed by atoms with Gasteiger partial charge in [0.25, 0.3) is 5.91 Å². The summed E-state index contributed by atoms with van der Waals surface area (Å²) in [6, 6.07) is 12.1. The summed E-state index contributed by atoms with van der Waals surface area (Å²) in [5.41, 5.74) is 1.32. The molecule has 1 heterocycles. The number of hydrogen-bond donors (Lipinski definition) is 1. The zero-order valence-electron chi connectivity index (χ0n) is 19.0. The van der Waals surface area contributed by atoms with E-state index >= 15 is 0 Å². The predicted octanol–water partition coefficient (Wildman–Crippen LogP) is 2.74. The summed E-state index contributed by atoms with van der Waals surface area (Å²) < 4.78 is 39.1. The Morgan fingerprint density at radius 2 is 1.75 bits per heavy atom. The molecular weight excluding hydrogens is 430 g/mol. The number of anilines is 1. The van der Waals surface area contributed by atoms with E-state index in [0.29, 0.717) is 38.3 Å². The van der Waals surface area contributed by atoms with Crippen LogP contribution in [0.2, 0.25) is 0 Å². The van der Waals surface area contributed by atoms with Crippen LogP contribution in [0.25, 0.3) is 0 Å². The summed E-state index contributed by atoms with van der Waals surface area (Å²) >= 11 is 0. The lowest BCUT2D eigenvalue weighted by molar-refractivity contribution is 0.0746. The van der Waals surface area contributed by atoms with Gasteiger partial charge in [-0.3, -0.25) is 4.79 Å². The summed E-state index contributed by atoms with van der Waals surface area (Å²) in [4.78, 5) is 17.1. The van der Waals surface area contributed by atoms with Crippen LogP contribution in [0.3, 0.4) is 0 Å². The van der Waals surface area contributed by atoms with Gasteiger partial charge in [0, 0.05) is 37.8 Å². The third-order valence-electron chi connectivity index (χ3n) is 5.16. The zero-order chi connectivity index (χ0) is 23.3. The maximum Gasteiger partial charge on any atom is 0.254 e. The molecule has 9 heteroatoms. The van der Waals surface area contributed by atoms with Gasteiger partial charge < -0.3 is 19.3 Å². The molecule has 1 aliphatic rings. The SMILES string of the molecule is CCOc1ccc(C(=O)N2CCN(c3ccccc3OC)CC2)cc1S(=O)(=O)NC(C)C. The Bertz CT molecular complexity index is 1050. The Morgan fingerprint density at radius 3 is 2.38 bits per heavy atom. The number of methoxy groups -OCH3 is 1. The number of sulfonamides is 1. The van der Waals surface area contributed by atoms with Crippen LogP contribution in [0.4, 0.5) is 5.69 Å². The Balaban J connectivity index is 1.79. The Hall–Kier alpha value is -2.78. The Morgan fingerprint density at radius 1 is 1.06 bits per heavy atom. The van der Waals surface area contributed by atoms with Crippen LogP contribution < -0.4 is 19.1 Å². The largest absolute Gasteiger partial charge is 0.495 e. The lowest BCUT2D eigenvalue weighted by Crippen LogP contribution is -2.48. The predicted molar refractivity (Wildman–Crippen MR) is 124 cm³/mol. The number of carbonyl (C=O) groups is 1. The Labute approximate surface area is 190 Å². The van der Waals surface area contributed by atoms with Gasteiger partial charge in [-0.25, -0.2) is 13.1 Å². The molecule has 0 aromatic heterocycles. The van der Waals surface area contributed by atoms with Crippen molar-refractivity contribution in [1.29, 1.82) is 0 Å². The molecule has 1 N–H and O–H groups in total. The van der Waals surface area contributed by atoms with Crippen LogP contribution in [-0.4, -0.2) is 65.2 Å². The van der Waals surface area contributed by atoms with Crippen LogP contribution in [0.15, 0.2) is 47.4 Å². The number of ether oxygens (including phenoxy) is 2. The van der Waals surface area contributed by atoms with Crippen LogP contribution in [0, 0.1) is 0 Å². The summed E-state index contributed by atoms with van der Waals surface area (Å²) in [5, 5.41) is 0. The third kappa shape index (κ3) is 5.34. The minimum Gasteiger partial charge on any atom is -0.495 e. The van der Waals surface area contributed by atoms with Gasteiger partial charge in [-0.15, -0.1) is 0 Å². The van der Waals surface area contributed by atoms with E-state index in [1.165, 1.54) is 6.07 Å². The quantitative estimate of drug-likeness (QED) is 0.650. The normalized spacial score (nSPS) is 14.5. The molecular formula is C23H31N3O5S. The van der Waals surface area contributed by atoms with E-state index in [-0.39, 0.29) is 22.6 Å². The maximum atomic E-state index is 13.2. The third-order valence-corrected chi connectivity index (χ3v) is 6.84. The highest BCUT2D eigenvalue weighted by atomic mass is 32.2. The molecule has 174 valence electrons. The van der Waals surface area contributed by atoms with Gasteiger partial charge in [0.05, 0.1) is 19.4 Å². The fourth-order valence-electron chi connectivity index (χ4n) is 3.72. The van der Waals surface area contributed by atoms with Crippen molar-refractivity contribution < 1.29 is 22.7 Å². The number of nitrogens with zero attached hydrogens (tertiary/aromatic N) is 2. The van der Waals surface area contributed by atoms with Crippen molar-refractivity contribution in [2.45, 2.75) is 31.7 Å². The van der Waals surface area contributed by atoms with Crippen molar-refractivity contribution in [2.24, 2.45) is 0 Å². The number of piperazine rings is 1. The second-order valence-electron chi connectivity index (χ2n) is 7.82. The maximum absolute atomic E-state index is 13.2. The highest BCUT2D eigenvalue weighted by Crippen LogP contribution is 2.29.